The molecule has 3 aromatic carbocycles. The first-order chi connectivity index (χ1) is 16.8. The Balaban J connectivity index is 1.67. The van der Waals surface area contributed by atoms with E-state index in [0.29, 0.717) is 33.5 Å². The molecule has 174 valence electrons. The van der Waals surface area contributed by atoms with E-state index in [0.717, 1.165) is 0 Å². The topological polar surface area (TPSA) is 120 Å². The highest BCUT2D eigenvalue weighted by Crippen LogP contribution is 2.41. The summed E-state index contributed by atoms with van der Waals surface area (Å²) in [6.45, 7) is 1.19. The number of ketones is 1. The van der Waals surface area contributed by atoms with Crippen molar-refractivity contribution in [3.05, 3.63) is 105 Å². The Morgan fingerprint density at radius 2 is 1.66 bits per heavy atom. The standard InChI is InChI=1S/C27H20N2O6/c1-15(30)16-6-10-18(11-7-16)29-24(17-8-12-19(13-9-17)34-14-22(28)31)23-25(32)20-4-2-3-5-21(20)35-26(23)27(29)33/h2-13,24H,14H2,1H3,(H2,28,31). The monoisotopic (exact) mass is 468 g/mol. The maximum Gasteiger partial charge on any atom is 0.295 e. The molecule has 0 radical (unpaired) electrons. The van der Waals surface area contributed by atoms with Crippen molar-refractivity contribution in [2.45, 2.75) is 13.0 Å². The summed E-state index contributed by atoms with van der Waals surface area (Å²) in [5, 5.41) is 0.374. The van der Waals surface area contributed by atoms with Crippen molar-refractivity contribution in [2.75, 3.05) is 11.5 Å². The number of fused-ring (bicyclic) bond motifs is 2. The van der Waals surface area contributed by atoms with Gasteiger partial charge >= 0.3 is 0 Å². The van der Waals surface area contributed by atoms with E-state index in [1.165, 1.54) is 11.8 Å². The molecule has 0 bridgehead atoms. The zero-order valence-corrected chi connectivity index (χ0v) is 18.7. The van der Waals surface area contributed by atoms with Crippen molar-refractivity contribution in [1.29, 1.82) is 0 Å². The van der Waals surface area contributed by atoms with Crippen LogP contribution in [0.15, 0.2) is 82.0 Å². The molecule has 1 aliphatic rings. The molecular weight excluding hydrogens is 448 g/mol. The van der Waals surface area contributed by atoms with Crippen LogP contribution in [0.1, 0.15) is 45.0 Å². The Labute approximate surface area is 199 Å². The molecule has 35 heavy (non-hydrogen) atoms. The Kier molecular flexibility index (Phi) is 5.41. The molecule has 1 unspecified atom stereocenters. The highest BCUT2D eigenvalue weighted by molar-refractivity contribution is 6.11. The molecule has 1 aliphatic heterocycles. The molecule has 8 heteroatoms. The second-order valence-corrected chi connectivity index (χ2v) is 8.17. The molecule has 8 nitrogen and oxygen atoms in total. The number of Topliss-reactive ketones (excluding diaryl/α,β-unsaturated/α-hetero) is 1. The number of benzene rings is 3. The fraction of sp³-hybridized carbons (Fsp3) is 0.111. The quantitative estimate of drug-likeness (QED) is 0.432. The van der Waals surface area contributed by atoms with Crippen LogP contribution in [0.25, 0.3) is 11.0 Å². The van der Waals surface area contributed by atoms with Gasteiger partial charge in [-0.2, -0.15) is 0 Å². The van der Waals surface area contributed by atoms with Crippen LogP contribution in [0.2, 0.25) is 0 Å². The van der Waals surface area contributed by atoms with Gasteiger partial charge in [0.15, 0.2) is 17.8 Å². The van der Waals surface area contributed by atoms with Gasteiger partial charge in [0, 0.05) is 11.3 Å². The predicted molar refractivity (Wildman–Crippen MR) is 129 cm³/mol. The average Bonchev–Trinajstić information content (AvgIpc) is 3.15. The first kappa shape index (κ1) is 22.1. The number of amides is 2. The number of primary amides is 1. The average molecular weight is 468 g/mol. The van der Waals surface area contributed by atoms with Gasteiger partial charge in [0.25, 0.3) is 11.8 Å². The van der Waals surface area contributed by atoms with Crippen LogP contribution in [0.5, 0.6) is 5.75 Å². The Morgan fingerprint density at radius 1 is 0.971 bits per heavy atom. The van der Waals surface area contributed by atoms with Crippen molar-refractivity contribution >= 4 is 34.3 Å². The maximum atomic E-state index is 13.6. The molecule has 1 atom stereocenters. The largest absolute Gasteiger partial charge is 0.484 e. The summed E-state index contributed by atoms with van der Waals surface area (Å²) >= 11 is 0. The number of para-hydroxylation sites is 1. The van der Waals surface area contributed by atoms with Crippen molar-refractivity contribution in [1.82, 2.24) is 0 Å². The summed E-state index contributed by atoms with van der Waals surface area (Å²) in [5.41, 5.74) is 7.05. The van der Waals surface area contributed by atoms with Crippen LogP contribution in [-0.2, 0) is 4.79 Å². The minimum Gasteiger partial charge on any atom is -0.484 e. The molecule has 2 heterocycles. The zero-order chi connectivity index (χ0) is 24.7. The van der Waals surface area contributed by atoms with E-state index in [1.54, 1.807) is 72.8 Å². The van der Waals surface area contributed by atoms with Gasteiger partial charge in [-0.15, -0.1) is 0 Å². The first-order valence-corrected chi connectivity index (χ1v) is 10.9. The summed E-state index contributed by atoms with van der Waals surface area (Å²) in [4.78, 5) is 51.4. The second-order valence-electron chi connectivity index (χ2n) is 8.17. The van der Waals surface area contributed by atoms with Crippen LogP contribution in [0.4, 0.5) is 5.69 Å². The molecule has 2 N–H and O–H groups in total. The maximum absolute atomic E-state index is 13.6. The third-order valence-electron chi connectivity index (χ3n) is 5.91. The lowest BCUT2D eigenvalue weighted by Gasteiger charge is -2.25. The molecule has 0 aliphatic carbocycles. The Morgan fingerprint density at radius 3 is 2.31 bits per heavy atom. The number of anilines is 1. The van der Waals surface area contributed by atoms with E-state index < -0.39 is 17.9 Å². The lowest BCUT2D eigenvalue weighted by molar-refractivity contribution is -0.119. The summed E-state index contributed by atoms with van der Waals surface area (Å²) < 4.78 is 11.3. The van der Waals surface area contributed by atoms with Crippen LogP contribution in [-0.4, -0.2) is 24.2 Å². The number of ether oxygens (including phenoxy) is 1. The van der Waals surface area contributed by atoms with Crippen molar-refractivity contribution in [3.8, 4) is 5.75 Å². The van der Waals surface area contributed by atoms with E-state index in [2.05, 4.69) is 0 Å². The number of carbonyl (C=O) groups is 3. The van der Waals surface area contributed by atoms with E-state index >= 15 is 0 Å². The second kappa shape index (κ2) is 8.57. The lowest BCUT2D eigenvalue weighted by atomic mass is 9.98. The highest BCUT2D eigenvalue weighted by Gasteiger charge is 2.43. The van der Waals surface area contributed by atoms with Gasteiger partial charge in [0.1, 0.15) is 11.3 Å². The fourth-order valence-corrected chi connectivity index (χ4v) is 4.26. The summed E-state index contributed by atoms with van der Waals surface area (Å²) in [5.74, 6) is -0.770. The Bertz CT molecular complexity index is 1540. The Hall–Kier alpha value is -4.72. The molecular formula is C27H20N2O6. The third kappa shape index (κ3) is 3.85. The SMILES string of the molecule is CC(=O)c1ccc(N2C(=O)c3oc4ccccc4c(=O)c3C2c2ccc(OCC(N)=O)cc2)cc1. The number of nitrogens with two attached hydrogens (primary N) is 1. The summed E-state index contributed by atoms with van der Waals surface area (Å²) in [6.07, 6.45) is 0. The van der Waals surface area contributed by atoms with Gasteiger partial charge in [-0.25, -0.2) is 0 Å². The summed E-state index contributed by atoms with van der Waals surface area (Å²) in [7, 11) is 0. The van der Waals surface area contributed by atoms with E-state index in [4.69, 9.17) is 14.9 Å². The fourth-order valence-electron chi connectivity index (χ4n) is 4.26. The van der Waals surface area contributed by atoms with Gasteiger partial charge in [0.2, 0.25) is 5.76 Å². The van der Waals surface area contributed by atoms with Crippen LogP contribution in [0.3, 0.4) is 0 Å². The van der Waals surface area contributed by atoms with Crippen molar-refractivity contribution in [2.24, 2.45) is 5.73 Å². The minimum absolute atomic E-state index is 0.0246. The molecule has 4 aromatic rings. The van der Waals surface area contributed by atoms with Crippen LogP contribution >= 0.6 is 0 Å². The molecule has 0 saturated heterocycles. The van der Waals surface area contributed by atoms with Crippen LogP contribution < -0.4 is 20.8 Å². The third-order valence-corrected chi connectivity index (χ3v) is 5.91. The smallest absolute Gasteiger partial charge is 0.295 e. The molecule has 0 fully saturated rings. The van der Waals surface area contributed by atoms with E-state index in [1.807, 2.05) is 0 Å². The molecule has 0 spiro atoms. The number of rotatable bonds is 6. The normalized spacial score (nSPS) is 14.7. The van der Waals surface area contributed by atoms with Gasteiger partial charge in [-0.05, 0) is 61.0 Å². The van der Waals surface area contributed by atoms with E-state index in [9.17, 15) is 19.2 Å². The van der Waals surface area contributed by atoms with Crippen molar-refractivity contribution < 1.29 is 23.5 Å². The van der Waals surface area contributed by atoms with Crippen LogP contribution in [0, 0.1) is 0 Å². The van der Waals surface area contributed by atoms with Gasteiger partial charge in [0.05, 0.1) is 17.0 Å². The number of hydrogen-bond donors (Lipinski definition) is 1. The predicted octanol–water partition coefficient (Wildman–Crippen LogP) is 3.61. The van der Waals surface area contributed by atoms with Gasteiger partial charge < -0.3 is 14.9 Å². The lowest BCUT2D eigenvalue weighted by Crippen LogP contribution is -2.29. The molecule has 1 aromatic heterocycles. The highest BCUT2D eigenvalue weighted by atomic mass is 16.5. The number of hydrogen-bond acceptors (Lipinski definition) is 6. The first-order valence-electron chi connectivity index (χ1n) is 10.9. The number of nitrogens with zero attached hydrogens (tertiary/aromatic N) is 1. The van der Waals surface area contributed by atoms with Crippen molar-refractivity contribution in [3.63, 3.8) is 0 Å². The number of carbonyl (C=O) groups excluding carboxylic acids is 3. The molecule has 2 amide bonds. The molecule has 0 saturated carbocycles. The summed E-state index contributed by atoms with van der Waals surface area (Å²) in [6, 6.07) is 19.3. The zero-order valence-electron chi connectivity index (χ0n) is 18.7. The van der Waals surface area contributed by atoms with Gasteiger partial charge in [-0.3, -0.25) is 24.1 Å². The minimum atomic E-state index is -0.772. The van der Waals surface area contributed by atoms with E-state index in [-0.39, 0.29) is 29.1 Å². The van der Waals surface area contributed by atoms with Gasteiger partial charge in [-0.1, -0.05) is 24.3 Å². The molecule has 5 rings (SSSR count).